The van der Waals surface area contributed by atoms with Gasteiger partial charge in [0.2, 0.25) is 5.91 Å². The number of benzene rings is 2. The number of carbonyl (C=O) groups excluding carboxylic acids is 3. The minimum atomic E-state index is -1.41. The molecule has 0 bridgehead atoms. The Labute approximate surface area is 186 Å². The second-order valence-corrected chi connectivity index (χ2v) is 7.68. The summed E-state index contributed by atoms with van der Waals surface area (Å²) in [6.45, 7) is 1.72. The number of nitrogens with zero attached hydrogens (tertiary/aromatic N) is 2. The van der Waals surface area contributed by atoms with E-state index in [-0.39, 0.29) is 16.4 Å². The summed E-state index contributed by atoms with van der Waals surface area (Å²) in [5, 5.41) is 16.0. The van der Waals surface area contributed by atoms with Crippen molar-refractivity contribution in [1.82, 2.24) is 10.2 Å². The van der Waals surface area contributed by atoms with Gasteiger partial charge in [-0.15, -0.1) is 0 Å². The molecule has 2 N–H and O–H groups in total. The summed E-state index contributed by atoms with van der Waals surface area (Å²) in [5.74, 6) is -0.348. The summed E-state index contributed by atoms with van der Waals surface area (Å²) in [6, 6.07) is 7.89. The molecule has 4 rings (SSSR count). The number of anilines is 1. The van der Waals surface area contributed by atoms with Crippen LogP contribution in [-0.2, 0) is 15.1 Å². The van der Waals surface area contributed by atoms with E-state index < -0.39 is 34.9 Å². The lowest BCUT2D eigenvalue weighted by atomic mass is 9.91. The zero-order chi connectivity index (χ0) is 23.0. The van der Waals surface area contributed by atoms with Gasteiger partial charge in [-0.2, -0.15) is 0 Å². The van der Waals surface area contributed by atoms with Gasteiger partial charge in [0.25, 0.3) is 11.6 Å². The number of fused-ring (bicyclic) bond motifs is 1. The minimum Gasteiger partial charge on any atom is -0.486 e. The molecule has 4 amide bonds. The standard InChI is InChI=1S/C20H17ClN4O7/c1-20(11-2-5-15-16(8-11)32-7-6-31-15)18(27)24(19(28)23-20)10-17(26)22-12-3-4-13(21)14(9-12)25(29)30/h2-5,8-9H,6-7,10H2,1H3,(H,22,26)(H,23,28)/t20-/m0/s1. The largest absolute Gasteiger partial charge is 0.486 e. The molecule has 0 radical (unpaired) electrons. The van der Waals surface area contributed by atoms with Crippen LogP contribution in [0, 0.1) is 10.1 Å². The van der Waals surface area contributed by atoms with Gasteiger partial charge in [-0.05, 0) is 36.8 Å². The highest BCUT2D eigenvalue weighted by atomic mass is 35.5. The van der Waals surface area contributed by atoms with E-state index in [1.54, 1.807) is 18.2 Å². The third-order valence-corrected chi connectivity index (χ3v) is 5.44. The molecule has 2 heterocycles. The fourth-order valence-electron chi connectivity index (χ4n) is 3.47. The molecule has 32 heavy (non-hydrogen) atoms. The van der Waals surface area contributed by atoms with E-state index in [2.05, 4.69) is 10.6 Å². The second-order valence-electron chi connectivity index (χ2n) is 7.28. The normalized spacial score (nSPS) is 19.5. The van der Waals surface area contributed by atoms with Crippen LogP contribution in [0.1, 0.15) is 12.5 Å². The first kappa shape index (κ1) is 21.4. The molecule has 0 spiro atoms. The van der Waals surface area contributed by atoms with Crippen LogP contribution < -0.4 is 20.1 Å². The molecule has 2 aliphatic rings. The lowest BCUT2D eigenvalue weighted by Gasteiger charge is -2.25. The average Bonchev–Trinajstić information content (AvgIpc) is 2.98. The number of rotatable bonds is 5. The van der Waals surface area contributed by atoms with Gasteiger partial charge in [-0.1, -0.05) is 17.7 Å². The number of nitro benzene ring substituents is 1. The summed E-state index contributed by atoms with van der Waals surface area (Å²) >= 11 is 5.76. The molecule has 12 heteroatoms. The van der Waals surface area contributed by atoms with Gasteiger partial charge in [0.15, 0.2) is 11.5 Å². The van der Waals surface area contributed by atoms with Crippen molar-refractivity contribution in [3.63, 3.8) is 0 Å². The third-order valence-electron chi connectivity index (χ3n) is 5.12. The van der Waals surface area contributed by atoms with E-state index in [9.17, 15) is 24.5 Å². The van der Waals surface area contributed by atoms with Crippen LogP contribution in [0.5, 0.6) is 11.5 Å². The van der Waals surface area contributed by atoms with Crippen molar-refractivity contribution in [2.45, 2.75) is 12.5 Å². The van der Waals surface area contributed by atoms with Crippen molar-refractivity contribution in [3.05, 3.63) is 57.1 Å². The number of carbonyl (C=O) groups is 3. The summed E-state index contributed by atoms with van der Waals surface area (Å²) in [4.78, 5) is 49.1. The molecule has 0 aromatic heterocycles. The van der Waals surface area contributed by atoms with Gasteiger partial charge < -0.3 is 20.1 Å². The Balaban J connectivity index is 1.50. The first-order chi connectivity index (χ1) is 15.2. The summed E-state index contributed by atoms with van der Waals surface area (Å²) in [6.07, 6.45) is 0. The Morgan fingerprint density at radius 2 is 1.94 bits per heavy atom. The maximum atomic E-state index is 13.1. The zero-order valence-electron chi connectivity index (χ0n) is 16.7. The molecular weight excluding hydrogens is 444 g/mol. The number of urea groups is 1. The van der Waals surface area contributed by atoms with Gasteiger partial charge in [0, 0.05) is 11.8 Å². The smallest absolute Gasteiger partial charge is 0.325 e. The number of nitro groups is 1. The van der Waals surface area contributed by atoms with Crippen molar-refractivity contribution in [2.24, 2.45) is 0 Å². The van der Waals surface area contributed by atoms with Crippen LogP contribution in [0.3, 0.4) is 0 Å². The average molecular weight is 461 g/mol. The summed E-state index contributed by atoms with van der Waals surface area (Å²) in [5.41, 5.74) is -1.22. The molecule has 11 nitrogen and oxygen atoms in total. The Morgan fingerprint density at radius 1 is 1.22 bits per heavy atom. The molecule has 0 unspecified atom stereocenters. The van der Waals surface area contributed by atoms with Crippen molar-refractivity contribution in [1.29, 1.82) is 0 Å². The van der Waals surface area contributed by atoms with Gasteiger partial charge in [-0.3, -0.25) is 24.6 Å². The molecule has 2 aliphatic heterocycles. The van der Waals surface area contributed by atoms with Gasteiger partial charge in [-0.25, -0.2) is 4.79 Å². The fourth-order valence-corrected chi connectivity index (χ4v) is 3.65. The van der Waals surface area contributed by atoms with E-state index in [1.165, 1.54) is 19.1 Å². The van der Waals surface area contributed by atoms with Crippen LogP contribution in [0.2, 0.25) is 5.02 Å². The Hall–Kier alpha value is -3.86. The van der Waals surface area contributed by atoms with E-state index in [4.69, 9.17) is 21.1 Å². The fraction of sp³-hybridized carbons (Fsp3) is 0.250. The number of halogens is 1. The highest BCUT2D eigenvalue weighted by molar-refractivity contribution is 6.32. The van der Waals surface area contributed by atoms with Gasteiger partial charge >= 0.3 is 6.03 Å². The van der Waals surface area contributed by atoms with Crippen LogP contribution in [-0.4, -0.2) is 47.4 Å². The number of ether oxygens (including phenoxy) is 2. The van der Waals surface area contributed by atoms with Crippen LogP contribution in [0.25, 0.3) is 0 Å². The first-order valence-corrected chi connectivity index (χ1v) is 9.85. The quantitative estimate of drug-likeness (QED) is 0.396. The molecule has 1 fully saturated rings. The number of amides is 4. The first-order valence-electron chi connectivity index (χ1n) is 9.47. The predicted octanol–water partition coefficient (Wildman–Crippen LogP) is 2.43. The highest BCUT2D eigenvalue weighted by Gasteiger charge is 2.49. The number of imide groups is 1. The maximum Gasteiger partial charge on any atom is 0.325 e. The number of hydrogen-bond acceptors (Lipinski definition) is 7. The molecule has 0 aliphatic carbocycles. The number of nitrogens with one attached hydrogen (secondary N) is 2. The van der Waals surface area contributed by atoms with E-state index in [0.717, 1.165) is 11.0 Å². The maximum absolute atomic E-state index is 13.1. The van der Waals surface area contributed by atoms with Gasteiger partial charge in [0.1, 0.15) is 30.3 Å². The molecular formula is C20H17ClN4O7. The number of hydrogen-bond donors (Lipinski definition) is 2. The Morgan fingerprint density at radius 3 is 2.66 bits per heavy atom. The Bertz CT molecular complexity index is 1150. The Kier molecular flexibility index (Phi) is 5.35. The molecule has 2 aromatic rings. The minimum absolute atomic E-state index is 0.0858. The van der Waals surface area contributed by atoms with Gasteiger partial charge in [0.05, 0.1) is 4.92 Å². The van der Waals surface area contributed by atoms with Crippen molar-refractivity contribution >= 4 is 40.8 Å². The molecule has 166 valence electrons. The SMILES string of the molecule is C[C@@]1(c2ccc3c(c2)OCCO3)NC(=O)N(CC(=O)Nc2ccc(Cl)c([N+](=O)[O-])c2)C1=O. The third kappa shape index (κ3) is 3.78. The van der Waals surface area contributed by atoms with Crippen molar-refractivity contribution in [3.8, 4) is 11.5 Å². The van der Waals surface area contributed by atoms with Crippen molar-refractivity contribution < 1.29 is 28.8 Å². The van der Waals surface area contributed by atoms with E-state index in [0.29, 0.717) is 30.3 Å². The second kappa shape index (κ2) is 8.00. The summed E-state index contributed by atoms with van der Waals surface area (Å²) < 4.78 is 11.0. The van der Waals surface area contributed by atoms with E-state index in [1.807, 2.05) is 0 Å². The van der Waals surface area contributed by atoms with Crippen molar-refractivity contribution in [2.75, 3.05) is 25.1 Å². The molecule has 1 atom stereocenters. The zero-order valence-corrected chi connectivity index (χ0v) is 17.5. The predicted molar refractivity (Wildman–Crippen MR) is 112 cm³/mol. The molecule has 0 saturated carbocycles. The lowest BCUT2D eigenvalue weighted by molar-refractivity contribution is -0.384. The molecule has 2 aromatic carbocycles. The van der Waals surface area contributed by atoms with Crippen LogP contribution in [0.15, 0.2) is 36.4 Å². The van der Waals surface area contributed by atoms with E-state index >= 15 is 0 Å². The lowest BCUT2D eigenvalue weighted by Crippen LogP contribution is -2.42. The topological polar surface area (TPSA) is 140 Å². The van der Waals surface area contributed by atoms with Crippen LogP contribution >= 0.6 is 11.6 Å². The molecule has 1 saturated heterocycles. The monoisotopic (exact) mass is 460 g/mol. The summed E-state index contributed by atoms with van der Waals surface area (Å²) in [7, 11) is 0. The highest BCUT2D eigenvalue weighted by Crippen LogP contribution is 2.37. The van der Waals surface area contributed by atoms with Crippen LogP contribution in [0.4, 0.5) is 16.2 Å².